The number of nitrogens with zero attached hydrogens (tertiary/aromatic N) is 1. The van der Waals surface area contributed by atoms with Gasteiger partial charge in [-0.15, -0.1) is 0 Å². The lowest BCUT2D eigenvalue weighted by Gasteiger charge is -2.31. The Kier molecular flexibility index (Phi) is 4.31. The van der Waals surface area contributed by atoms with Crippen LogP contribution in [0.5, 0.6) is 0 Å². The Hall–Kier alpha value is -0.650. The number of hydrogen-bond acceptors (Lipinski definition) is 4. The Balaban J connectivity index is 2.27. The summed E-state index contributed by atoms with van der Waals surface area (Å²) in [5.41, 5.74) is 7.96. The number of likely N-dealkylation sites (tertiary alicyclic amines) is 1. The molecular formula is C9H20N4O. The molecule has 1 saturated heterocycles. The summed E-state index contributed by atoms with van der Waals surface area (Å²) in [5.74, 6) is 4.92. The number of carbonyl (C=O) groups excluding carboxylic acids is 1. The SMILES string of the molecule is CC(CN1CCC(N)CC1)C(=O)NN. The maximum absolute atomic E-state index is 11.2. The van der Waals surface area contributed by atoms with Gasteiger partial charge in [-0.3, -0.25) is 10.2 Å². The first-order chi connectivity index (χ1) is 6.63. The topological polar surface area (TPSA) is 84.4 Å². The number of hydrogen-bond donors (Lipinski definition) is 3. The van der Waals surface area contributed by atoms with E-state index in [9.17, 15) is 4.79 Å². The van der Waals surface area contributed by atoms with Crippen molar-refractivity contribution in [3.63, 3.8) is 0 Å². The zero-order valence-corrected chi connectivity index (χ0v) is 8.70. The Bertz CT molecular complexity index is 189. The van der Waals surface area contributed by atoms with Crippen LogP contribution in [0.2, 0.25) is 0 Å². The van der Waals surface area contributed by atoms with E-state index in [-0.39, 0.29) is 11.8 Å². The highest BCUT2D eigenvalue weighted by Gasteiger charge is 2.20. The van der Waals surface area contributed by atoms with Crippen molar-refractivity contribution in [1.82, 2.24) is 10.3 Å². The van der Waals surface area contributed by atoms with Crippen LogP contribution in [0.25, 0.3) is 0 Å². The van der Waals surface area contributed by atoms with E-state index < -0.39 is 0 Å². The molecule has 0 aromatic rings. The third kappa shape index (κ3) is 3.25. The Morgan fingerprint density at radius 3 is 2.64 bits per heavy atom. The van der Waals surface area contributed by atoms with E-state index in [1.54, 1.807) is 0 Å². The van der Waals surface area contributed by atoms with Crippen molar-refractivity contribution in [2.75, 3.05) is 19.6 Å². The zero-order chi connectivity index (χ0) is 10.6. The molecule has 14 heavy (non-hydrogen) atoms. The molecule has 0 radical (unpaired) electrons. The summed E-state index contributed by atoms with van der Waals surface area (Å²) in [7, 11) is 0. The molecule has 1 aliphatic heterocycles. The molecule has 5 N–H and O–H groups in total. The summed E-state index contributed by atoms with van der Waals surface area (Å²) in [6.07, 6.45) is 2.05. The summed E-state index contributed by atoms with van der Waals surface area (Å²) < 4.78 is 0. The minimum atomic E-state index is -0.0973. The fourth-order valence-electron chi connectivity index (χ4n) is 1.75. The summed E-state index contributed by atoms with van der Waals surface area (Å²) in [5, 5.41) is 0. The predicted molar refractivity (Wildman–Crippen MR) is 55.1 cm³/mol. The smallest absolute Gasteiger partial charge is 0.237 e. The molecule has 0 spiro atoms. The van der Waals surface area contributed by atoms with Gasteiger partial charge in [0.25, 0.3) is 0 Å². The first kappa shape index (κ1) is 11.4. The van der Waals surface area contributed by atoms with E-state index in [4.69, 9.17) is 11.6 Å². The maximum atomic E-state index is 11.2. The highest BCUT2D eigenvalue weighted by molar-refractivity contribution is 5.77. The molecule has 0 saturated carbocycles. The average Bonchev–Trinajstić information content (AvgIpc) is 2.20. The lowest BCUT2D eigenvalue weighted by molar-refractivity contribution is -0.125. The molecule has 1 rings (SSSR count). The van der Waals surface area contributed by atoms with Crippen molar-refractivity contribution in [2.45, 2.75) is 25.8 Å². The van der Waals surface area contributed by atoms with Crippen molar-refractivity contribution in [2.24, 2.45) is 17.5 Å². The fraction of sp³-hybridized carbons (Fsp3) is 0.889. The number of amides is 1. The number of hydrazine groups is 1. The van der Waals surface area contributed by atoms with Gasteiger partial charge >= 0.3 is 0 Å². The van der Waals surface area contributed by atoms with Crippen LogP contribution in [0, 0.1) is 5.92 Å². The highest BCUT2D eigenvalue weighted by atomic mass is 16.2. The molecule has 1 aliphatic rings. The van der Waals surface area contributed by atoms with Crippen LogP contribution in [0.1, 0.15) is 19.8 Å². The first-order valence-electron chi connectivity index (χ1n) is 5.12. The number of piperidine rings is 1. The predicted octanol–water partition coefficient (Wildman–Crippen LogP) is -0.964. The van der Waals surface area contributed by atoms with Gasteiger partial charge in [-0.25, -0.2) is 5.84 Å². The van der Waals surface area contributed by atoms with Crippen LogP contribution >= 0.6 is 0 Å². The normalized spacial score (nSPS) is 21.9. The maximum Gasteiger partial charge on any atom is 0.237 e. The van der Waals surface area contributed by atoms with Crippen LogP contribution in [0.3, 0.4) is 0 Å². The zero-order valence-electron chi connectivity index (χ0n) is 8.70. The van der Waals surface area contributed by atoms with Crippen LogP contribution in [0.4, 0.5) is 0 Å². The van der Waals surface area contributed by atoms with Crippen LogP contribution < -0.4 is 17.0 Å². The molecular weight excluding hydrogens is 180 g/mol. The molecule has 5 nitrogen and oxygen atoms in total. The number of nitrogens with two attached hydrogens (primary N) is 2. The number of rotatable bonds is 3. The van der Waals surface area contributed by atoms with Crippen molar-refractivity contribution < 1.29 is 4.79 Å². The van der Waals surface area contributed by atoms with E-state index in [1.165, 1.54) is 0 Å². The molecule has 82 valence electrons. The second-order valence-electron chi connectivity index (χ2n) is 4.05. The van der Waals surface area contributed by atoms with Crippen LogP contribution in [-0.4, -0.2) is 36.5 Å². The Labute approximate surface area is 84.8 Å². The minimum Gasteiger partial charge on any atom is -0.328 e. The minimum absolute atomic E-state index is 0.0469. The van der Waals surface area contributed by atoms with Gasteiger partial charge in [0.05, 0.1) is 0 Å². The molecule has 0 aromatic carbocycles. The molecule has 1 atom stereocenters. The highest BCUT2D eigenvalue weighted by Crippen LogP contribution is 2.10. The fourth-order valence-corrected chi connectivity index (χ4v) is 1.75. The lowest BCUT2D eigenvalue weighted by atomic mass is 10.0. The standard InChI is InChI=1S/C9H20N4O/c1-7(9(14)12-11)6-13-4-2-8(10)3-5-13/h7-8H,2-6,10-11H2,1H3,(H,12,14). The molecule has 5 heteroatoms. The largest absolute Gasteiger partial charge is 0.328 e. The second kappa shape index (κ2) is 5.29. The molecule has 0 aromatic heterocycles. The third-order valence-electron chi connectivity index (χ3n) is 2.75. The number of nitrogens with one attached hydrogen (secondary N) is 1. The monoisotopic (exact) mass is 200 g/mol. The quantitative estimate of drug-likeness (QED) is 0.311. The van der Waals surface area contributed by atoms with Gasteiger partial charge in [0, 0.05) is 18.5 Å². The number of carbonyl (C=O) groups is 1. The van der Waals surface area contributed by atoms with Crippen molar-refractivity contribution in [3.05, 3.63) is 0 Å². The van der Waals surface area contributed by atoms with Gasteiger partial charge in [0.15, 0.2) is 0 Å². The summed E-state index contributed by atoms with van der Waals surface area (Å²) >= 11 is 0. The summed E-state index contributed by atoms with van der Waals surface area (Å²) in [4.78, 5) is 13.4. The van der Waals surface area contributed by atoms with Crippen molar-refractivity contribution in [1.29, 1.82) is 0 Å². The van der Waals surface area contributed by atoms with Gasteiger partial charge < -0.3 is 10.6 Å². The van der Waals surface area contributed by atoms with Crippen LogP contribution in [-0.2, 0) is 4.79 Å². The molecule has 1 unspecified atom stereocenters. The average molecular weight is 200 g/mol. The van der Waals surface area contributed by atoms with E-state index in [1.807, 2.05) is 6.92 Å². The van der Waals surface area contributed by atoms with Gasteiger partial charge in [0.2, 0.25) is 5.91 Å². The molecule has 0 bridgehead atoms. The van der Waals surface area contributed by atoms with Gasteiger partial charge in [0.1, 0.15) is 0 Å². The summed E-state index contributed by atoms with van der Waals surface area (Å²) in [6, 6.07) is 0.338. The second-order valence-corrected chi connectivity index (χ2v) is 4.05. The van der Waals surface area contributed by atoms with Gasteiger partial charge in [-0.1, -0.05) is 6.92 Å². The lowest BCUT2D eigenvalue weighted by Crippen LogP contribution is -2.45. The van der Waals surface area contributed by atoms with Crippen LogP contribution in [0.15, 0.2) is 0 Å². The summed E-state index contributed by atoms with van der Waals surface area (Å²) in [6.45, 7) is 4.64. The van der Waals surface area contributed by atoms with Gasteiger partial charge in [-0.05, 0) is 25.9 Å². The Morgan fingerprint density at radius 1 is 1.57 bits per heavy atom. The van der Waals surface area contributed by atoms with Crippen molar-refractivity contribution >= 4 is 5.91 Å². The van der Waals surface area contributed by atoms with Crippen molar-refractivity contribution in [3.8, 4) is 0 Å². The van der Waals surface area contributed by atoms with E-state index in [0.717, 1.165) is 32.5 Å². The van der Waals surface area contributed by atoms with Gasteiger partial charge in [-0.2, -0.15) is 0 Å². The van der Waals surface area contributed by atoms with E-state index >= 15 is 0 Å². The third-order valence-corrected chi connectivity index (χ3v) is 2.75. The van der Waals surface area contributed by atoms with E-state index in [0.29, 0.717) is 6.04 Å². The molecule has 1 heterocycles. The molecule has 0 aliphatic carbocycles. The first-order valence-corrected chi connectivity index (χ1v) is 5.12. The molecule has 1 fully saturated rings. The Morgan fingerprint density at radius 2 is 2.14 bits per heavy atom. The molecule has 1 amide bonds. The van der Waals surface area contributed by atoms with E-state index in [2.05, 4.69) is 10.3 Å².